The van der Waals surface area contributed by atoms with Crippen LogP contribution < -0.4 is 5.69 Å². The van der Waals surface area contributed by atoms with Crippen molar-refractivity contribution in [3.8, 4) is 0 Å². The summed E-state index contributed by atoms with van der Waals surface area (Å²) in [7, 11) is 3.56. The van der Waals surface area contributed by atoms with E-state index in [4.69, 9.17) is 23.2 Å². The average molecular weight is 253 g/mol. The summed E-state index contributed by atoms with van der Waals surface area (Å²) in [6, 6.07) is -0.102. The Morgan fingerprint density at radius 2 is 2.27 bits per heavy atom. The van der Waals surface area contributed by atoms with Crippen LogP contribution in [0.25, 0.3) is 0 Å². The topological polar surface area (TPSA) is 53.9 Å². The third-order valence-corrected chi connectivity index (χ3v) is 2.79. The van der Waals surface area contributed by atoms with Gasteiger partial charge in [0.15, 0.2) is 5.82 Å². The molecule has 15 heavy (non-hydrogen) atoms. The van der Waals surface area contributed by atoms with E-state index in [2.05, 4.69) is 10.2 Å². The number of nitrogens with one attached hydrogen (secondary N) is 1. The maximum atomic E-state index is 11.2. The number of aromatic amines is 1. The maximum absolute atomic E-state index is 11.2. The highest BCUT2D eigenvalue weighted by atomic mass is 35.5. The van der Waals surface area contributed by atoms with Gasteiger partial charge in [-0.05, 0) is 7.05 Å². The van der Waals surface area contributed by atoms with Crippen LogP contribution in [0.1, 0.15) is 11.9 Å². The van der Waals surface area contributed by atoms with Gasteiger partial charge in [0, 0.05) is 25.4 Å². The summed E-state index contributed by atoms with van der Waals surface area (Å²) >= 11 is 11.5. The minimum Gasteiger partial charge on any atom is -0.294 e. The minimum atomic E-state index is -0.237. The standard InChI is InChI=1S/C8H14Cl2N4O/c1-13(4-3-9)6(5-10)7-11-12-8(15)14(7)2/h6H,3-5H2,1-2H3,(H,12,15). The molecule has 0 aliphatic heterocycles. The summed E-state index contributed by atoms with van der Waals surface area (Å²) in [5.41, 5.74) is -0.237. The SMILES string of the molecule is CN(CCCl)C(CCl)c1n[nH]c(=O)n1C. The number of H-pyrrole nitrogens is 1. The first-order valence-corrected chi connectivity index (χ1v) is 5.62. The highest BCUT2D eigenvalue weighted by molar-refractivity contribution is 6.18. The Kier molecular flexibility index (Phi) is 4.63. The molecule has 1 atom stereocenters. The Morgan fingerprint density at radius 3 is 2.67 bits per heavy atom. The predicted octanol–water partition coefficient (Wildman–Crippen LogP) is 0.559. The first kappa shape index (κ1) is 12.5. The van der Waals surface area contributed by atoms with Crippen LogP contribution in [0, 0.1) is 0 Å². The van der Waals surface area contributed by atoms with Crippen LogP contribution in [0.2, 0.25) is 0 Å². The summed E-state index contributed by atoms with van der Waals surface area (Å²) in [5, 5.41) is 6.33. The third kappa shape index (κ3) is 2.74. The van der Waals surface area contributed by atoms with Crippen molar-refractivity contribution < 1.29 is 0 Å². The summed E-state index contributed by atoms with van der Waals surface area (Å²) in [6.07, 6.45) is 0. The van der Waals surface area contributed by atoms with E-state index in [1.54, 1.807) is 7.05 Å². The number of rotatable bonds is 5. The third-order valence-electron chi connectivity index (χ3n) is 2.33. The van der Waals surface area contributed by atoms with Gasteiger partial charge >= 0.3 is 5.69 Å². The first-order chi connectivity index (χ1) is 7.11. The van der Waals surface area contributed by atoms with Gasteiger partial charge in [-0.2, -0.15) is 5.10 Å². The molecule has 0 aromatic carbocycles. The molecule has 0 fully saturated rings. The summed E-state index contributed by atoms with van der Waals surface area (Å²) in [6.45, 7) is 0.694. The molecule has 0 spiro atoms. The summed E-state index contributed by atoms with van der Waals surface area (Å²) in [4.78, 5) is 13.2. The van der Waals surface area contributed by atoms with Crippen molar-refractivity contribution in [2.75, 3.05) is 25.4 Å². The Morgan fingerprint density at radius 1 is 1.60 bits per heavy atom. The van der Waals surface area contributed by atoms with Gasteiger partial charge in [0.1, 0.15) is 0 Å². The molecular weight excluding hydrogens is 239 g/mol. The minimum absolute atomic E-state index is 0.102. The summed E-state index contributed by atoms with van der Waals surface area (Å²) in [5.74, 6) is 1.51. The van der Waals surface area contributed by atoms with Crippen molar-refractivity contribution in [3.63, 3.8) is 0 Å². The van der Waals surface area contributed by atoms with E-state index in [-0.39, 0.29) is 11.7 Å². The van der Waals surface area contributed by atoms with Crippen LogP contribution >= 0.6 is 23.2 Å². The first-order valence-electron chi connectivity index (χ1n) is 4.55. The van der Waals surface area contributed by atoms with Gasteiger partial charge in [-0.15, -0.1) is 23.2 Å². The lowest BCUT2D eigenvalue weighted by Crippen LogP contribution is -2.30. The fraction of sp³-hybridized carbons (Fsp3) is 0.750. The van der Waals surface area contributed by atoms with Crippen LogP contribution in [0.4, 0.5) is 0 Å². The molecule has 1 rings (SSSR count). The van der Waals surface area contributed by atoms with Crippen LogP contribution in [0.5, 0.6) is 0 Å². The second-order valence-corrected chi connectivity index (χ2v) is 3.97. The van der Waals surface area contributed by atoms with Crippen LogP contribution in [-0.4, -0.2) is 45.0 Å². The monoisotopic (exact) mass is 252 g/mol. The van der Waals surface area contributed by atoms with Gasteiger partial charge in [-0.1, -0.05) is 0 Å². The lowest BCUT2D eigenvalue weighted by atomic mass is 10.3. The molecule has 1 N–H and O–H groups in total. The number of hydrogen-bond acceptors (Lipinski definition) is 3. The average Bonchev–Trinajstić information content (AvgIpc) is 2.51. The zero-order chi connectivity index (χ0) is 11.4. The number of hydrogen-bond donors (Lipinski definition) is 1. The smallest absolute Gasteiger partial charge is 0.294 e. The van der Waals surface area contributed by atoms with E-state index >= 15 is 0 Å². The zero-order valence-corrected chi connectivity index (χ0v) is 10.2. The quantitative estimate of drug-likeness (QED) is 0.780. The number of alkyl halides is 2. The van der Waals surface area contributed by atoms with Crippen LogP contribution in [0.3, 0.4) is 0 Å². The van der Waals surface area contributed by atoms with E-state index in [1.165, 1.54) is 4.57 Å². The van der Waals surface area contributed by atoms with E-state index < -0.39 is 0 Å². The fourth-order valence-electron chi connectivity index (χ4n) is 1.33. The molecule has 0 bridgehead atoms. The highest BCUT2D eigenvalue weighted by Gasteiger charge is 2.21. The molecule has 0 amide bonds. The van der Waals surface area contributed by atoms with E-state index in [0.717, 1.165) is 0 Å². The highest BCUT2D eigenvalue weighted by Crippen LogP contribution is 2.16. The normalized spacial score (nSPS) is 13.4. The van der Waals surface area contributed by atoms with E-state index in [0.29, 0.717) is 24.1 Å². The van der Waals surface area contributed by atoms with E-state index in [9.17, 15) is 4.79 Å². The second-order valence-electron chi connectivity index (χ2n) is 3.29. The lowest BCUT2D eigenvalue weighted by molar-refractivity contribution is 0.265. The summed E-state index contributed by atoms with van der Waals surface area (Å²) < 4.78 is 1.46. The Labute approximate surface area is 98.0 Å². The molecule has 0 aliphatic rings. The molecule has 1 unspecified atom stereocenters. The molecule has 0 aliphatic carbocycles. The number of aromatic nitrogens is 3. The van der Waals surface area contributed by atoms with Gasteiger partial charge in [0.05, 0.1) is 6.04 Å². The van der Waals surface area contributed by atoms with Gasteiger partial charge in [0.25, 0.3) is 0 Å². The van der Waals surface area contributed by atoms with Crippen molar-refractivity contribution in [2.24, 2.45) is 7.05 Å². The largest absolute Gasteiger partial charge is 0.343 e. The molecule has 5 nitrogen and oxygen atoms in total. The molecule has 1 aromatic rings. The zero-order valence-electron chi connectivity index (χ0n) is 8.70. The Bertz CT molecular complexity index is 362. The van der Waals surface area contributed by atoms with Crippen LogP contribution in [0.15, 0.2) is 4.79 Å². The molecule has 1 aromatic heterocycles. The van der Waals surface area contributed by atoms with Crippen LogP contribution in [-0.2, 0) is 7.05 Å². The second kappa shape index (κ2) is 5.53. The predicted molar refractivity (Wildman–Crippen MR) is 60.6 cm³/mol. The molecule has 1 heterocycles. The van der Waals surface area contributed by atoms with Crippen molar-refractivity contribution in [2.45, 2.75) is 6.04 Å². The molecule has 7 heteroatoms. The Hall–Kier alpha value is -0.520. The molecule has 86 valence electrons. The number of nitrogens with zero attached hydrogens (tertiary/aromatic N) is 3. The lowest BCUT2D eigenvalue weighted by Gasteiger charge is -2.24. The molecule has 0 saturated carbocycles. The fourth-order valence-corrected chi connectivity index (χ4v) is 1.97. The Balaban J connectivity index is 2.92. The van der Waals surface area contributed by atoms with Crippen molar-refractivity contribution >= 4 is 23.2 Å². The maximum Gasteiger partial charge on any atom is 0.343 e. The number of halogens is 2. The van der Waals surface area contributed by atoms with Gasteiger partial charge in [-0.3, -0.25) is 9.47 Å². The van der Waals surface area contributed by atoms with Gasteiger partial charge in [0.2, 0.25) is 0 Å². The van der Waals surface area contributed by atoms with Crippen molar-refractivity contribution in [3.05, 3.63) is 16.3 Å². The molecule has 0 radical (unpaired) electrons. The van der Waals surface area contributed by atoms with Crippen molar-refractivity contribution in [1.82, 2.24) is 19.7 Å². The van der Waals surface area contributed by atoms with Crippen molar-refractivity contribution in [1.29, 1.82) is 0 Å². The van der Waals surface area contributed by atoms with E-state index in [1.807, 2.05) is 11.9 Å². The molecule has 0 saturated heterocycles. The molecular formula is C8H14Cl2N4O. The van der Waals surface area contributed by atoms with Gasteiger partial charge < -0.3 is 0 Å². The van der Waals surface area contributed by atoms with Gasteiger partial charge in [-0.25, -0.2) is 9.89 Å².